The predicted octanol–water partition coefficient (Wildman–Crippen LogP) is 3.42. The van der Waals surface area contributed by atoms with Crippen LogP contribution in [0.4, 0.5) is 13.2 Å². The molecule has 0 aromatic carbocycles. The number of oxazole rings is 1. The third-order valence-electron chi connectivity index (χ3n) is 4.51. The summed E-state index contributed by atoms with van der Waals surface area (Å²) in [5.74, 6) is 1.93. The standard InChI is InChI=1S/C16H21F3N4O/c1-10-11(2)24-14(20-10)9-23-6-4-5-12(7-23)15-21-13(8-22(15)3)16(17,18)19/h8,12H,4-7,9H2,1-3H3. The zero-order chi connectivity index (χ0) is 17.5. The third kappa shape index (κ3) is 3.48. The van der Waals surface area contributed by atoms with E-state index in [2.05, 4.69) is 14.9 Å². The summed E-state index contributed by atoms with van der Waals surface area (Å²) in [5.41, 5.74) is 0.0496. The summed E-state index contributed by atoms with van der Waals surface area (Å²) in [4.78, 5) is 10.4. The van der Waals surface area contributed by atoms with E-state index in [1.165, 1.54) is 4.57 Å². The summed E-state index contributed by atoms with van der Waals surface area (Å²) in [7, 11) is 1.62. The van der Waals surface area contributed by atoms with Crippen LogP contribution in [0.25, 0.3) is 0 Å². The molecule has 8 heteroatoms. The van der Waals surface area contributed by atoms with Crippen molar-refractivity contribution < 1.29 is 17.6 Å². The topological polar surface area (TPSA) is 47.1 Å². The largest absolute Gasteiger partial charge is 0.444 e. The first-order chi connectivity index (χ1) is 11.2. The second-order valence-electron chi connectivity index (χ2n) is 6.42. The third-order valence-corrected chi connectivity index (χ3v) is 4.51. The van der Waals surface area contributed by atoms with Crippen LogP contribution >= 0.6 is 0 Å². The van der Waals surface area contributed by atoms with Crippen molar-refractivity contribution in [3.63, 3.8) is 0 Å². The van der Waals surface area contributed by atoms with Gasteiger partial charge in [0.15, 0.2) is 5.69 Å². The number of likely N-dealkylation sites (tertiary alicyclic amines) is 1. The van der Waals surface area contributed by atoms with Crippen molar-refractivity contribution >= 4 is 0 Å². The number of hydrogen-bond donors (Lipinski definition) is 0. The molecule has 0 spiro atoms. The van der Waals surface area contributed by atoms with Crippen molar-refractivity contribution in [1.29, 1.82) is 0 Å². The minimum absolute atomic E-state index is 0.0167. The average Bonchev–Trinajstić information content (AvgIpc) is 3.02. The van der Waals surface area contributed by atoms with Gasteiger partial charge in [-0.15, -0.1) is 0 Å². The van der Waals surface area contributed by atoms with Gasteiger partial charge in [-0.1, -0.05) is 0 Å². The Morgan fingerprint density at radius 3 is 2.62 bits per heavy atom. The molecule has 1 aliphatic rings. The maximum Gasteiger partial charge on any atom is 0.434 e. The van der Waals surface area contributed by atoms with Gasteiger partial charge < -0.3 is 8.98 Å². The molecule has 1 aliphatic heterocycles. The minimum atomic E-state index is -4.41. The lowest BCUT2D eigenvalue weighted by molar-refractivity contribution is -0.141. The molecule has 0 aliphatic carbocycles. The molecule has 132 valence electrons. The minimum Gasteiger partial charge on any atom is -0.444 e. The molecule has 0 amide bonds. The molecule has 0 N–H and O–H groups in total. The fraction of sp³-hybridized carbons (Fsp3) is 0.625. The van der Waals surface area contributed by atoms with Crippen molar-refractivity contribution in [1.82, 2.24) is 19.4 Å². The lowest BCUT2D eigenvalue weighted by Crippen LogP contribution is -2.34. The summed E-state index contributed by atoms with van der Waals surface area (Å²) >= 11 is 0. The van der Waals surface area contributed by atoms with E-state index in [1.54, 1.807) is 7.05 Å². The monoisotopic (exact) mass is 342 g/mol. The molecule has 1 fully saturated rings. The van der Waals surface area contributed by atoms with Crippen molar-refractivity contribution in [2.45, 2.75) is 45.3 Å². The van der Waals surface area contributed by atoms with Crippen LogP contribution in [0.5, 0.6) is 0 Å². The number of hydrogen-bond acceptors (Lipinski definition) is 4. The SMILES string of the molecule is Cc1nc(CN2CCCC(c3nc(C(F)(F)F)cn3C)C2)oc1C. The fourth-order valence-electron chi connectivity index (χ4n) is 3.20. The second-order valence-corrected chi connectivity index (χ2v) is 6.42. The molecule has 0 bridgehead atoms. The maximum absolute atomic E-state index is 12.8. The van der Waals surface area contributed by atoms with Gasteiger partial charge in [-0.2, -0.15) is 13.2 Å². The number of alkyl halides is 3. The van der Waals surface area contributed by atoms with Gasteiger partial charge in [-0.05, 0) is 33.2 Å². The van der Waals surface area contributed by atoms with Crippen LogP contribution < -0.4 is 0 Å². The van der Waals surface area contributed by atoms with Crippen LogP contribution in [-0.4, -0.2) is 32.5 Å². The number of piperidine rings is 1. The van der Waals surface area contributed by atoms with Crippen LogP contribution in [-0.2, 0) is 19.8 Å². The molecule has 3 rings (SSSR count). The average molecular weight is 342 g/mol. The predicted molar refractivity (Wildman–Crippen MR) is 81.4 cm³/mol. The Balaban J connectivity index is 1.72. The Morgan fingerprint density at radius 1 is 1.29 bits per heavy atom. The molecule has 1 atom stereocenters. The van der Waals surface area contributed by atoms with Gasteiger partial charge in [0.05, 0.1) is 12.2 Å². The van der Waals surface area contributed by atoms with Gasteiger partial charge in [0, 0.05) is 25.7 Å². The number of halogens is 3. The first-order valence-corrected chi connectivity index (χ1v) is 7.99. The van der Waals surface area contributed by atoms with Gasteiger partial charge in [0.25, 0.3) is 0 Å². The van der Waals surface area contributed by atoms with E-state index in [-0.39, 0.29) is 5.92 Å². The van der Waals surface area contributed by atoms with Crippen molar-refractivity contribution in [2.24, 2.45) is 7.05 Å². The lowest BCUT2D eigenvalue weighted by Gasteiger charge is -2.31. The molecule has 0 saturated carbocycles. The van der Waals surface area contributed by atoms with E-state index in [4.69, 9.17) is 4.42 Å². The van der Waals surface area contributed by atoms with Gasteiger partial charge in [0.1, 0.15) is 11.6 Å². The Hall–Kier alpha value is -1.83. The van der Waals surface area contributed by atoms with Gasteiger partial charge in [-0.3, -0.25) is 4.90 Å². The molecule has 5 nitrogen and oxygen atoms in total. The van der Waals surface area contributed by atoms with Crippen molar-refractivity contribution in [3.8, 4) is 0 Å². The zero-order valence-electron chi connectivity index (χ0n) is 14.0. The summed E-state index contributed by atoms with van der Waals surface area (Å²) in [5, 5.41) is 0. The molecular formula is C16H21F3N4O. The van der Waals surface area contributed by atoms with E-state index >= 15 is 0 Å². The molecule has 1 saturated heterocycles. The highest BCUT2D eigenvalue weighted by atomic mass is 19.4. The molecule has 3 heterocycles. The summed E-state index contributed by atoms with van der Waals surface area (Å²) in [6.07, 6.45) is -1.59. The van der Waals surface area contributed by atoms with E-state index in [9.17, 15) is 13.2 Å². The lowest BCUT2D eigenvalue weighted by atomic mass is 9.97. The normalized spacial score (nSPS) is 19.8. The number of aryl methyl sites for hydroxylation is 3. The molecule has 0 radical (unpaired) electrons. The summed E-state index contributed by atoms with van der Waals surface area (Å²) < 4.78 is 45.6. The summed E-state index contributed by atoms with van der Waals surface area (Å²) in [6.45, 7) is 5.88. The zero-order valence-corrected chi connectivity index (χ0v) is 14.0. The molecular weight excluding hydrogens is 321 g/mol. The highest BCUT2D eigenvalue weighted by Crippen LogP contribution is 2.32. The quantitative estimate of drug-likeness (QED) is 0.857. The van der Waals surface area contributed by atoms with Crippen LogP contribution in [0, 0.1) is 13.8 Å². The van der Waals surface area contributed by atoms with E-state index in [1.807, 2.05) is 13.8 Å². The Bertz CT molecular complexity index is 700. The maximum atomic E-state index is 12.8. The van der Waals surface area contributed by atoms with E-state index in [0.29, 0.717) is 24.8 Å². The highest BCUT2D eigenvalue weighted by Gasteiger charge is 2.36. The highest BCUT2D eigenvalue weighted by molar-refractivity contribution is 5.12. The molecule has 24 heavy (non-hydrogen) atoms. The summed E-state index contributed by atoms with van der Waals surface area (Å²) in [6, 6.07) is 0. The van der Waals surface area contributed by atoms with Crippen LogP contribution in [0.15, 0.2) is 10.6 Å². The Kier molecular flexibility index (Phi) is 4.42. The Morgan fingerprint density at radius 2 is 2.04 bits per heavy atom. The van der Waals surface area contributed by atoms with Crippen molar-refractivity contribution in [3.05, 3.63) is 35.1 Å². The fourth-order valence-corrected chi connectivity index (χ4v) is 3.20. The van der Waals surface area contributed by atoms with Gasteiger partial charge >= 0.3 is 6.18 Å². The van der Waals surface area contributed by atoms with E-state index in [0.717, 1.165) is 37.0 Å². The number of rotatable bonds is 3. The smallest absolute Gasteiger partial charge is 0.434 e. The van der Waals surface area contributed by atoms with E-state index < -0.39 is 11.9 Å². The number of aromatic nitrogens is 3. The molecule has 1 unspecified atom stereocenters. The Labute approximate surface area is 138 Å². The van der Waals surface area contributed by atoms with Crippen molar-refractivity contribution in [2.75, 3.05) is 13.1 Å². The van der Waals surface area contributed by atoms with Crippen LogP contribution in [0.1, 0.15) is 47.6 Å². The first-order valence-electron chi connectivity index (χ1n) is 7.99. The van der Waals surface area contributed by atoms with Crippen LogP contribution in [0.3, 0.4) is 0 Å². The molecule has 2 aromatic heterocycles. The molecule has 2 aromatic rings. The van der Waals surface area contributed by atoms with Crippen LogP contribution in [0.2, 0.25) is 0 Å². The van der Waals surface area contributed by atoms with Gasteiger partial charge in [-0.25, -0.2) is 9.97 Å². The van der Waals surface area contributed by atoms with Gasteiger partial charge in [0.2, 0.25) is 5.89 Å². The second kappa shape index (κ2) is 6.23. The number of nitrogens with zero attached hydrogens (tertiary/aromatic N) is 4. The number of imidazole rings is 1. The first kappa shape index (κ1) is 17.0.